The van der Waals surface area contributed by atoms with E-state index >= 15 is 0 Å². The van der Waals surface area contributed by atoms with Crippen LogP contribution in [0.5, 0.6) is 17.2 Å². The third-order valence-corrected chi connectivity index (χ3v) is 5.21. The highest BCUT2D eigenvalue weighted by Gasteiger charge is 2.22. The summed E-state index contributed by atoms with van der Waals surface area (Å²) >= 11 is 0. The zero-order valence-electron chi connectivity index (χ0n) is 17.7. The monoisotopic (exact) mass is 412 g/mol. The molecule has 0 unspecified atom stereocenters. The van der Waals surface area contributed by atoms with Crippen molar-refractivity contribution in [2.45, 2.75) is 25.7 Å². The highest BCUT2D eigenvalue weighted by molar-refractivity contribution is 6.04. The molecule has 1 fully saturated rings. The number of piperidine rings is 1. The van der Waals surface area contributed by atoms with Crippen molar-refractivity contribution in [1.29, 1.82) is 0 Å². The van der Waals surface area contributed by atoms with Gasteiger partial charge in [-0.05, 0) is 37.5 Å². The molecule has 1 saturated heterocycles. The van der Waals surface area contributed by atoms with Gasteiger partial charge in [-0.15, -0.1) is 0 Å². The van der Waals surface area contributed by atoms with Crippen molar-refractivity contribution in [3.63, 3.8) is 0 Å². The first-order valence-electron chi connectivity index (χ1n) is 10.0. The van der Waals surface area contributed by atoms with Crippen LogP contribution in [0.2, 0.25) is 0 Å². The Bertz CT molecular complexity index is 906. The number of rotatable bonds is 7. The predicted molar refractivity (Wildman–Crippen MR) is 115 cm³/mol. The second-order valence-electron chi connectivity index (χ2n) is 7.12. The van der Waals surface area contributed by atoms with Gasteiger partial charge in [-0.1, -0.05) is 18.2 Å². The molecule has 1 aliphatic heterocycles. The molecular weight excluding hydrogens is 384 g/mol. The first-order chi connectivity index (χ1) is 14.6. The molecule has 0 aliphatic carbocycles. The normalized spacial score (nSPS) is 13.5. The maximum absolute atomic E-state index is 12.9. The van der Waals surface area contributed by atoms with Crippen LogP contribution in [0.15, 0.2) is 36.4 Å². The van der Waals surface area contributed by atoms with Crippen LogP contribution in [0.3, 0.4) is 0 Å². The molecular formula is C23H28N2O5. The lowest BCUT2D eigenvalue weighted by Crippen LogP contribution is -2.36. The molecule has 0 radical (unpaired) electrons. The van der Waals surface area contributed by atoms with Crippen LogP contribution in [-0.2, 0) is 11.2 Å². The van der Waals surface area contributed by atoms with Gasteiger partial charge in [0.1, 0.15) is 0 Å². The number of nitrogens with one attached hydrogen (secondary N) is 1. The largest absolute Gasteiger partial charge is 0.493 e. The molecule has 160 valence electrons. The third-order valence-electron chi connectivity index (χ3n) is 5.21. The average molecular weight is 412 g/mol. The van der Waals surface area contributed by atoms with E-state index in [2.05, 4.69) is 5.32 Å². The summed E-state index contributed by atoms with van der Waals surface area (Å²) in [5.41, 5.74) is 1.68. The number of amides is 2. The molecule has 7 nitrogen and oxygen atoms in total. The summed E-state index contributed by atoms with van der Waals surface area (Å²) in [6, 6.07) is 10.6. The second kappa shape index (κ2) is 10.0. The van der Waals surface area contributed by atoms with Gasteiger partial charge in [-0.2, -0.15) is 0 Å². The van der Waals surface area contributed by atoms with Gasteiger partial charge < -0.3 is 24.4 Å². The summed E-state index contributed by atoms with van der Waals surface area (Å²) in [5.74, 6) is 1.11. The Morgan fingerprint density at radius 1 is 0.900 bits per heavy atom. The first-order valence-corrected chi connectivity index (χ1v) is 10.0. The van der Waals surface area contributed by atoms with Crippen LogP contribution < -0.4 is 19.5 Å². The van der Waals surface area contributed by atoms with Gasteiger partial charge in [0.05, 0.1) is 39.0 Å². The Labute approximate surface area is 176 Å². The minimum atomic E-state index is -0.251. The van der Waals surface area contributed by atoms with Crippen LogP contribution in [-0.4, -0.2) is 51.1 Å². The third kappa shape index (κ3) is 4.67. The number of para-hydroxylation sites is 1. The molecule has 1 aliphatic rings. The van der Waals surface area contributed by atoms with Gasteiger partial charge >= 0.3 is 0 Å². The number of nitrogens with zero attached hydrogens (tertiary/aromatic N) is 1. The van der Waals surface area contributed by atoms with E-state index in [0.29, 0.717) is 34.1 Å². The number of benzene rings is 2. The number of likely N-dealkylation sites (tertiary alicyclic amines) is 1. The average Bonchev–Trinajstić information content (AvgIpc) is 2.79. The number of hydrogen-bond acceptors (Lipinski definition) is 5. The molecule has 2 aromatic carbocycles. The van der Waals surface area contributed by atoms with Crippen molar-refractivity contribution in [3.05, 3.63) is 47.5 Å². The van der Waals surface area contributed by atoms with Gasteiger partial charge in [0, 0.05) is 18.7 Å². The quantitative estimate of drug-likeness (QED) is 0.753. The molecule has 0 atom stereocenters. The van der Waals surface area contributed by atoms with Crippen molar-refractivity contribution in [3.8, 4) is 17.2 Å². The maximum atomic E-state index is 12.9. The number of hydrogen-bond donors (Lipinski definition) is 1. The molecule has 1 N–H and O–H groups in total. The van der Waals surface area contributed by atoms with Gasteiger partial charge in [-0.25, -0.2) is 0 Å². The van der Waals surface area contributed by atoms with E-state index in [4.69, 9.17) is 14.2 Å². The van der Waals surface area contributed by atoms with Gasteiger partial charge in [0.2, 0.25) is 11.7 Å². The standard InChI is InChI=1S/C23H28N2O5/c1-28-19-12-11-16(21(29-2)22(19)30-3)15-20(26)24-18-10-6-5-9-17(18)23(27)25-13-7-4-8-14-25/h5-6,9-12H,4,7-8,13-15H2,1-3H3,(H,24,26). The molecule has 2 aromatic rings. The fourth-order valence-electron chi connectivity index (χ4n) is 3.72. The van der Waals surface area contributed by atoms with Crippen molar-refractivity contribution in [1.82, 2.24) is 4.90 Å². The first kappa shape index (κ1) is 21.5. The fourth-order valence-corrected chi connectivity index (χ4v) is 3.72. The van der Waals surface area contributed by atoms with Gasteiger partial charge in [0.25, 0.3) is 5.91 Å². The van der Waals surface area contributed by atoms with Gasteiger partial charge in [0.15, 0.2) is 11.5 Å². The van der Waals surface area contributed by atoms with E-state index in [1.165, 1.54) is 14.2 Å². The number of anilines is 1. The lowest BCUT2D eigenvalue weighted by atomic mass is 10.1. The Morgan fingerprint density at radius 3 is 2.27 bits per heavy atom. The zero-order chi connectivity index (χ0) is 21.5. The molecule has 30 heavy (non-hydrogen) atoms. The molecule has 0 saturated carbocycles. The van der Waals surface area contributed by atoms with Crippen LogP contribution >= 0.6 is 0 Å². The summed E-state index contributed by atoms with van der Waals surface area (Å²) in [7, 11) is 4.58. The second-order valence-corrected chi connectivity index (χ2v) is 7.12. The highest BCUT2D eigenvalue weighted by Crippen LogP contribution is 2.40. The molecule has 2 amide bonds. The Kier molecular flexibility index (Phi) is 7.17. The van der Waals surface area contributed by atoms with Crippen molar-refractivity contribution >= 4 is 17.5 Å². The van der Waals surface area contributed by atoms with E-state index < -0.39 is 0 Å². The Balaban J connectivity index is 1.78. The van der Waals surface area contributed by atoms with Crippen LogP contribution in [0, 0.1) is 0 Å². The van der Waals surface area contributed by atoms with E-state index in [0.717, 1.165) is 32.4 Å². The maximum Gasteiger partial charge on any atom is 0.255 e. The summed E-state index contributed by atoms with van der Waals surface area (Å²) in [6.07, 6.45) is 3.24. The summed E-state index contributed by atoms with van der Waals surface area (Å²) in [5, 5.41) is 2.88. The smallest absolute Gasteiger partial charge is 0.255 e. The van der Waals surface area contributed by atoms with Crippen molar-refractivity contribution in [2.24, 2.45) is 0 Å². The number of carbonyl (C=O) groups is 2. The van der Waals surface area contributed by atoms with Gasteiger partial charge in [-0.3, -0.25) is 9.59 Å². The number of carbonyl (C=O) groups excluding carboxylic acids is 2. The Hall–Kier alpha value is -3.22. The van der Waals surface area contributed by atoms with Crippen LogP contribution in [0.1, 0.15) is 35.2 Å². The Morgan fingerprint density at radius 2 is 1.60 bits per heavy atom. The molecule has 3 rings (SSSR count). The van der Waals surface area contributed by atoms with E-state index in [1.807, 2.05) is 11.0 Å². The van der Waals surface area contributed by atoms with Crippen molar-refractivity contribution in [2.75, 3.05) is 39.7 Å². The fraction of sp³-hybridized carbons (Fsp3) is 0.391. The summed E-state index contributed by atoms with van der Waals surface area (Å²) in [4.78, 5) is 27.6. The zero-order valence-corrected chi connectivity index (χ0v) is 17.7. The van der Waals surface area contributed by atoms with E-state index in [-0.39, 0.29) is 18.2 Å². The summed E-state index contributed by atoms with van der Waals surface area (Å²) < 4.78 is 16.1. The molecule has 7 heteroatoms. The lowest BCUT2D eigenvalue weighted by molar-refractivity contribution is -0.115. The number of ether oxygens (including phenoxy) is 3. The molecule has 0 bridgehead atoms. The lowest BCUT2D eigenvalue weighted by Gasteiger charge is -2.27. The minimum Gasteiger partial charge on any atom is -0.493 e. The van der Waals surface area contributed by atoms with E-state index in [9.17, 15) is 9.59 Å². The summed E-state index contributed by atoms with van der Waals surface area (Å²) in [6.45, 7) is 1.51. The molecule has 0 spiro atoms. The molecule has 0 aromatic heterocycles. The predicted octanol–water partition coefficient (Wildman–Crippen LogP) is 3.52. The number of methoxy groups -OCH3 is 3. The van der Waals surface area contributed by atoms with E-state index in [1.54, 1.807) is 37.4 Å². The van der Waals surface area contributed by atoms with Crippen molar-refractivity contribution < 1.29 is 23.8 Å². The highest BCUT2D eigenvalue weighted by atomic mass is 16.5. The SMILES string of the molecule is COc1ccc(CC(=O)Nc2ccccc2C(=O)N2CCCCC2)c(OC)c1OC. The van der Waals surface area contributed by atoms with Crippen LogP contribution in [0.25, 0.3) is 0 Å². The topological polar surface area (TPSA) is 77.1 Å². The van der Waals surface area contributed by atoms with Crippen LogP contribution in [0.4, 0.5) is 5.69 Å². The molecule has 1 heterocycles. The minimum absolute atomic E-state index is 0.0469.